The van der Waals surface area contributed by atoms with Crippen molar-refractivity contribution in [2.24, 2.45) is 22.2 Å². The SMILES string of the molecule is CSCC[C@H](N)C(=O)NCC(=O)N[C@@H](CCCN=C(N)N)C(=O)N[C@@H](Cc1ccc(O)cc1)C(=O)O. The highest BCUT2D eigenvalue weighted by molar-refractivity contribution is 7.98. The van der Waals surface area contributed by atoms with Crippen LogP contribution in [-0.4, -0.2) is 83.1 Å². The van der Waals surface area contributed by atoms with E-state index in [9.17, 15) is 29.4 Å². The van der Waals surface area contributed by atoms with Crippen LogP contribution in [-0.2, 0) is 25.6 Å². The van der Waals surface area contributed by atoms with E-state index in [1.807, 2.05) is 6.26 Å². The van der Waals surface area contributed by atoms with Crippen molar-refractivity contribution in [1.29, 1.82) is 0 Å². The largest absolute Gasteiger partial charge is 0.508 e. The van der Waals surface area contributed by atoms with Gasteiger partial charge in [-0.3, -0.25) is 19.4 Å². The second-order valence-corrected chi connectivity index (χ2v) is 8.93. The Bertz CT molecular complexity index is 909. The number of carboxylic acids is 1. The molecule has 0 saturated carbocycles. The molecule has 0 saturated heterocycles. The van der Waals surface area contributed by atoms with Crippen LogP contribution in [0.25, 0.3) is 0 Å². The molecule has 0 heterocycles. The number of benzene rings is 1. The molecule has 200 valence electrons. The van der Waals surface area contributed by atoms with Gasteiger partial charge in [0.1, 0.15) is 17.8 Å². The van der Waals surface area contributed by atoms with Crippen LogP contribution in [0.15, 0.2) is 29.3 Å². The van der Waals surface area contributed by atoms with Gasteiger partial charge in [-0.1, -0.05) is 12.1 Å². The van der Waals surface area contributed by atoms with E-state index in [1.165, 1.54) is 12.1 Å². The number of hydrogen-bond acceptors (Lipinski definition) is 8. The van der Waals surface area contributed by atoms with Crippen LogP contribution in [0.4, 0.5) is 0 Å². The van der Waals surface area contributed by atoms with Crippen LogP contribution in [0, 0.1) is 0 Å². The summed E-state index contributed by atoms with van der Waals surface area (Å²) in [7, 11) is 0. The number of carbonyl (C=O) groups is 4. The predicted octanol–water partition coefficient (Wildman–Crippen LogP) is -1.76. The van der Waals surface area contributed by atoms with Gasteiger partial charge in [0, 0.05) is 13.0 Å². The van der Waals surface area contributed by atoms with Gasteiger partial charge in [0.2, 0.25) is 17.7 Å². The predicted molar refractivity (Wildman–Crippen MR) is 137 cm³/mol. The third-order valence-corrected chi connectivity index (χ3v) is 5.62. The van der Waals surface area contributed by atoms with Gasteiger partial charge in [0.25, 0.3) is 0 Å². The summed E-state index contributed by atoms with van der Waals surface area (Å²) in [5, 5.41) is 26.3. The zero-order chi connectivity index (χ0) is 27.1. The number of nitrogens with zero attached hydrogens (tertiary/aromatic N) is 1. The number of rotatable bonds is 16. The van der Waals surface area contributed by atoms with Crippen molar-refractivity contribution in [1.82, 2.24) is 16.0 Å². The Kier molecular flexibility index (Phi) is 13.7. The molecule has 0 aromatic heterocycles. The van der Waals surface area contributed by atoms with Crippen LogP contribution < -0.4 is 33.2 Å². The lowest BCUT2D eigenvalue weighted by molar-refractivity contribution is -0.142. The molecule has 0 spiro atoms. The molecule has 13 nitrogen and oxygen atoms in total. The molecule has 0 bridgehead atoms. The van der Waals surface area contributed by atoms with E-state index in [0.717, 1.165) is 0 Å². The number of nitrogens with two attached hydrogens (primary N) is 3. The van der Waals surface area contributed by atoms with Gasteiger partial charge >= 0.3 is 5.97 Å². The summed E-state index contributed by atoms with van der Waals surface area (Å²) in [6, 6.07) is 2.74. The second kappa shape index (κ2) is 16.2. The van der Waals surface area contributed by atoms with Crippen LogP contribution in [0.1, 0.15) is 24.8 Å². The number of hydrogen-bond donors (Lipinski definition) is 8. The summed E-state index contributed by atoms with van der Waals surface area (Å²) in [5.74, 6) is -2.54. The molecule has 0 aliphatic carbocycles. The summed E-state index contributed by atoms with van der Waals surface area (Å²) in [5.41, 5.74) is 17.0. The number of phenolic OH excluding ortho intramolecular Hbond substituents is 1. The fraction of sp³-hybridized carbons (Fsp3) is 0.500. The molecule has 0 fully saturated rings. The Labute approximate surface area is 213 Å². The number of amides is 3. The highest BCUT2D eigenvalue weighted by Crippen LogP contribution is 2.12. The first-order valence-corrected chi connectivity index (χ1v) is 12.6. The van der Waals surface area contributed by atoms with E-state index in [-0.39, 0.29) is 31.1 Å². The van der Waals surface area contributed by atoms with Gasteiger partial charge in [-0.25, -0.2) is 4.79 Å². The van der Waals surface area contributed by atoms with Gasteiger partial charge in [-0.2, -0.15) is 11.8 Å². The monoisotopic (exact) mass is 525 g/mol. The maximum absolute atomic E-state index is 12.9. The average Bonchev–Trinajstić information content (AvgIpc) is 2.83. The minimum absolute atomic E-state index is 0.0236. The van der Waals surface area contributed by atoms with Gasteiger partial charge in [0.05, 0.1) is 12.6 Å². The van der Waals surface area contributed by atoms with E-state index >= 15 is 0 Å². The molecule has 11 N–H and O–H groups in total. The first-order valence-electron chi connectivity index (χ1n) is 11.2. The molecule has 36 heavy (non-hydrogen) atoms. The lowest BCUT2D eigenvalue weighted by atomic mass is 10.0. The summed E-state index contributed by atoms with van der Waals surface area (Å²) >= 11 is 1.54. The van der Waals surface area contributed by atoms with Crippen molar-refractivity contribution in [2.75, 3.05) is 25.1 Å². The van der Waals surface area contributed by atoms with Crippen molar-refractivity contribution in [3.8, 4) is 5.75 Å². The Morgan fingerprint density at radius 1 is 1.03 bits per heavy atom. The Hall–Kier alpha value is -3.52. The van der Waals surface area contributed by atoms with E-state index in [4.69, 9.17) is 17.2 Å². The van der Waals surface area contributed by atoms with Crippen molar-refractivity contribution in [3.05, 3.63) is 29.8 Å². The standard InChI is InChI=1S/C22H35N7O6S/c1-36-10-8-15(23)19(32)27-12-18(31)28-16(3-2-9-26-22(24)25)20(33)29-17(21(34)35)11-13-4-6-14(30)7-5-13/h4-7,15-17,30H,2-3,8-12,23H2,1H3,(H,27,32)(H,28,31)(H,29,33)(H,34,35)(H4,24,25,26)/t15-,16-,17-/m0/s1. The molecule has 14 heteroatoms. The summed E-state index contributed by atoms with van der Waals surface area (Å²) in [6.07, 6.45) is 2.72. The lowest BCUT2D eigenvalue weighted by Crippen LogP contribution is -2.54. The fourth-order valence-corrected chi connectivity index (χ4v) is 3.52. The first-order chi connectivity index (χ1) is 17.0. The highest BCUT2D eigenvalue weighted by atomic mass is 32.2. The molecule has 0 unspecified atom stereocenters. The Balaban J connectivity index is 2.81. The molecule has 1 aromatic carbocycles. The molecular weight excluding hydrogens is 490 g/mol. The third kappa shape index (κ3) is 12.3. The van der Waals surface area contributed by atoms with Gasteiger partial charge in [-0.05, 0) is 49.0 Å². The second-order valence-electron chi connectivity index (χ2n) is 7.94. The smallest absolute Gasteiger partial charge is 0.326 e. The first kappa shape index (κ1) is 30.5. The maximum Gasteiger partial charge on any atom is 0.326 e. The zero-order valence-electron chi connectivity index (χ0n) is 20.1. The minimum atomic E-state index is -1.28. The van der Waals surface area contributed by atoms with E-state index in [0.29, 0.717) is 24.2 Å². The molecule has 1 rings (SSSR count). The van der Waals surface area contributed by atoms with Gasteiger partial charge in [0.15, 0.2) is 5.96 Å². The molecule has 3 amide bonds. The number of guanidine groups is 1. The molecule has 0 radical (unpaired) electrons. The van der Waals surface area contributed by atoms with Crippen molar-refractivity contribution in [2.45, 2.75) is 43.8 Å². The zero-order valence-corrected chi connectivity index (χ0v) is 20.9. The van der Waals surface area contributed by atoms with Crippen LogP contribution in [0.5, 0.6) is 5.75 Å². The number of thioether (sulfide) groups is 1. The number of aliphatic carboxylic acids is 1. The normalized spacial score (nSPS) is 13.1. The highest BCUT2D eigenvalue weighted by Gasteiger charge is 2.27. The van der Waals surface area contributed by atoms with E-state index in [2.05, 4.69) is 20.9 Å². The van der Waals surface area contributed by atoms with Crippen molar-refractivity contribution >= 4 is 41.4 Å². The average molecular weight is 526 g/mol. The molecular formula is C22H35N7O6S. The van der Waals surface area contributed by atoms with Crippen molar-refractivity contribution in [3.63, 3.8) is 0 Å². The Morgan fingerprint density at radius 2 is 1.69 bits per heavy atom. The number of phenols is 1. The molecule has 0 aliphatic heterocycles. The fourth-order valence-electron chi connectivity index (χ4n) is 3.03. The van der Waals surface area contributed by atoms with Crippen molar-refractivity contribution < 1.29 is 29.4 Å². The maximum atomic E-state index is 12.9. The molecule has 1 aromatic rings. The van der Waals surface area contributed by atoms with Crippen LogP contribution in [0.3, 0.4) is 0 Å². The lowest BCUT2D eigenvalue weighted by Gasteiger charge is -2.22. The summed E-state index contributed by atoms with van der Waals surface area (Å²) in [6.45, 7) is -0.210. The molecule has 3 atom stereocenters. The summed E-state index contributed by atoms with van der Waals surface area (Å²) < 4.78 is 0. The summed E-state index contributed by atoms with van der Waals surface area (Å²) in [4.78, 5) is 52.9. The number of aliphatic imine (C=N–C) groups is 1. The number of carbonyl (C=O) groups excluding carboxylic acids is 3. The topological polar surface area (TPSA) is 235 Å². The van der Waals surface area contributed by atoms with Crippen LogP contribution >= 0.6 is 11.8 Å². The van der Waals surface area contributed by atoms with E-state index in [1.54, 1.807) is 23.9 Å². The van der Waals surface area contributed by atoms with Gasteiger partial charge < -0.3 is 43.4 Å². The van der Waals surface area contributed by atoms with E-state index < -0.39 is 48.4 Å². The molecule has 0 aliphatic rings. The third-order valence-electron chi connectivity index (χ3n) is 4.98. The number of nitrogens with one attached hydrogen (secondary N) is 3. The van der Waals surface area contributed by atoms with Gasteiger partial charge in [-0.15, -0.1) is 0 Å². The number of carboxylic acid groups (broad SMARTS) is 1. The number of aromatic hydroxyl groups is 1. The Morgan fingerprint density at radius 3 is 2.28 bits per heavy atom. The quantitative estimate of drug-likeness (QED) is 0.0687. The minimum Gasteiger partial charge on any atom is -0.508 e. The van der Waals surface area contributed by atoms with Crippen LogP contribution in [0.2, 0.25) is 0 Å².